The first-order chi connectivity index (χ1) is 10.6. The lowest BCUT2D eigenvalue weighted by Gasteiger charge is -2.30. The van der Waals surface area contributed by atoms with Crippen LogP contribution in [0.4, 0.5) is 0 Å². The maximum atomic E-state index is 5.12. The molecule has 0 N–H and O–H groups in total. The Balaban J connectivity index is -0.0000000329. The van der Waals surface area contributed by atoms with Gasteiger partial charge in [-0.1, -0.05) is 52.0 Å². The van der Waals surface area contributed by atoms with Crippen molar-refractivity contribution in [1.29, 1.82) is 0 Å². The van der Waals surface area contributed by atoms with Gasteiger partial charge >= 0.3 is 0 Å². The quantitative estimate of drug-likeness (QED) is 0.386. The number of rotatable bonds is 13. The van der Waals surface area contributed by atoms with Crippen LogP contribution in [0.1, 0.15) is 52.0 Å². The fourth-order valence-corrected chi connectivity index (χ4v) is 2.03. The van der Waals surface area contributed by atoms with Gasteiger partial charge in [0.1, 0.15) is 6.10 Å². The zero-order valence-electron chi connectivity index (χ0n) is 15.2. The second kappa shape index (κ2) is 42.0. The van der Waals surface area contributed by atoms with Gasteiger partial charge in [0.05, 0.1) is 45.1 Å². The third-order valence-electron chi connectivity index (χ3n) is 2.84. The van der Waals surface area contributed by atoms with Crippen molar-refractivity contribution in [3.63, 3.8) is 0 Å². The highest BCUT2D eigenvalue weighted by Crippen LogP contribution is 2.19. The molecule has 0 spiro atoms. The Kier molecular flexibility index (Phi) is 82.1. The van der Waals surface area contributed by atoms with E-state index >= 15 is 0 Å². The van der Waals surface area contributed by atoms with Crippen LogP contribution in [-0.2, 0) is 33.2 Å². The van der Waals surface area contributed by atoms with Crippen molar-refractivity contribution in [1.82, 2.24) is 0 Å². The van der Waals surface area contributed by atoms with E-state index in [-0.39, 0.29) is 63.5 Å². The summed E-state index contributed by atoms with van der Waals surface area (Å²) >= 11 is 0. The van der Waals surface area contributed by atoms with Crippen molar-refractivity contribution in [3.8, 4) is 0 Å². The average Bonchev–Trinajstić information content (AvgIpc) is 2.49. The fraction of sp³-hybridized carbons (Fsp3) is 1.00. The molecule has 0 saturated heterocycles. The molecule has 0 bridgehead atoms. The Bertz CT molecular complexity index is 182. The Labute approximate surface area is 186 Å². The maximum Gasteiger partial charge on any atom is 0.104 e. The van der Waals surface area contributed by atoms with Gasteiger partial charge in [-0.15, -0.1) is 0 Å². The van der Waals surface area contributed by atoms with E-state index in [9.17, 15) is 0 Å². The predicted octanol–water partition coefficient (Wildman–Crippen LogP) is 5.31. The number of hydrogen-bond donors (Lipinski definition) is 0. The summed E-state index contributed by atoms with van der Waals surface area (Å²) in [7, 11) is 11.6. The van der Waals surface area contributed by atoms with Crippen LogP contribution in [-0.4, -0.2) is 95.5 Å². The summed E-state index contributed by atoms with van der Waals surface area (Å²) in [4.78, 5) is 0. The molecule has 0 amide bonds. The van der Waals surface area contributed by atoms with Crippen molar-refractivity contribution >= 4 is 0 Å². The Morgan fingerprint density at radius 1 is 0.448 bits per heavy atom. The molecule has 192 valence electrons. The minimum Gasteiger partial charge on any atom is -0.384 e. The van der Waals surface area contributed by atoms with Crippen LogP contribution >= 0.6 is 0 Å². The van der Waals surface area contributed by atoms with E-state index in [1.54, 1.807) is 49.8 Å². The third-order valence-corrected chi connectivity index (χ3v) is 2.84. The summed E-state index contributed by atoms with van der Waals surface area (Å²) in [6.07, 6.45) is 0.0694. The van der Waals surface area contributed by atoms with Gasteiger partial charge in [-0.05, 0) is 0 Å². The molecule has 0 aliphatic rings. The van der Waals surface area contributed by atoms with Gasteiger partial charge in [-0.2, -0.15) is 0 Å². The first-order valence-electron chi connectivity index (χ1n) is 7.06. The van der Waals surface area contributed by atoms with Crippen molar-refractivity contribution in [2.24, 2.45) is 5.41 Å². The van der Waals surface area contributed by atoms with Crippen LogP contribution < -0.4 is 0 Å². The second-order valence-electron chi connectivity index (χ2n) is 5.00. The van der Waals surface area contributed by atoms with Crippen LogP contribution in [0.25, 0.3) is 0 Å². The van der Waals surface area contributed by atoms with Crippen LogP contribution in [0.2, 0.25) is 0 Å². The first kappa shape index (κ1) is 56.7. The SMILES string of the molecule is C.C.C.C.C.C.C.COCC(COC)(COC)COC.COCC(COC)OC. The summed E-state index contributed by atoms with van der Waals surface area (Å²) in [5, 5.41) is 0. The lowest BCUT2D eigenvalue weighted by Crippen LogP contribution is -2.40. The van der Waals surface area contributed by atoms with Gasteiger partial charge in [0.2, 0.25) is 0 Å². The molecule has 0 atom stereocenters. The van der Waals surface area contributed by atoms with Crippen LogP contribution in [0.3, 0.4) is 0 Å². The summed E-state index contributed by atoms with van der Waals surface area (Å²) in [5.41, 5.74) is -0.188. The molecule has 0 saturated carbocycles. The molecule has 29 heavy (non-hydrogen) atoms. The van der Waals surface area contributed by atoms with Gasteiger partial charge in [-0.25, -0.2) is 0 Å². The molecular weight excluding hydrogens is 376 g/mol. The molecular formula is C22H62O7. The molecule has 0 aliphatic carbocycles. The standard InChI is InChI=1S/C9H20O4.C6H14O3.7CH4/c1-10-5-9(6-11-2,7-12-3)8-13-4;1-7-4-6(9-3)5-8-2;;;;;;;/h5-8H2,1-4H3;6H,4-5H2,1-3H3;7*1H4. The van der Waals surface area contributed by atoms with Gasteiger partial charge in [0, 0.05) is 49.8 Å². The minimum absolute atomic E-state index is 0. The fourth-order valence-electron chi connectivity index (χ4n) is 2.03. The number of hydrogen-bond acceptors (Lipinski definition) is 7. The monoisotopic (exact) mass is 438 g/mol. The van der Waals surface area contributed by atoms with Crippen LogP contribution in [0.15, 0.2) is 0 Å². The van der Waals surface area contributed by atoms with Crippen LogP contribution in [0.5, 0.6) is 0 Å². The molecule has 0 heterocycles. The highest BCUT2D eigenvalue weighted by atomic mass is 16.5. The molecule has 0 fully saturated rings. The summed E-state index contributed by atoms with van der Waals surface area (Å²) in [6.45, 7) is 3.46. The minimum atomic E-state index is -0.188. The summed E-state index contributed by atoms with van der Waals surface area (Å²) < 4.78 is 35.2. The predicted molar refractivity (Wildman–Crippen MR) is 132 cm³/mol. The Morgan fingerprint density at radius 3 is 0.828 bits per heavy atom. The Morgan fingerprint density at radius 2 is 0.690 bits per heavy atom. The van der Waals surface area contributed by atoms with Crippen molar-refractivity contribution in [2.45, 2.75) is 58.1 Å². The Hall–Kier alpha value is -0.280. The molecule has 0 aliphatic heterocycles. The van der Waals surface area contributed by atoms with E-state index in [0.29, 0.717) is 39.6 Å². The maximum absolute atomic E-state index is 5.12. The van der Waals surface area contributed by atoms with Crippen LogP contribution in [0, 0.1) is 5.41 Å². The highest BCUT2D eigenvalue weighted by molar-refractivity contribution is 4.78. The van der Waals surface area contributed by atoms with Gasteiger partial charge in [-0.3, -0.25) is 0 Å². The largest absolute Gasteiger partial charge is 0.384 e. The van der Waals surface area contributed by atoms with E-state index in [1.807, 2.05) is 0 Å². The molecule has 7 nitrogen and oxygen atoms in total. The zero-order chi connectivity index (χ0) is 17.3. The normalized spacial score (nSPS) is 8.69. The third kappa shape index (κ3) is 32.6. The average molecular weight is 439 g/mol. The van der Waals surface area contributed by atoms with Crippen molar-refractivity contribution in [3.05, 3.63) is 0 Å². The molecule has 7 heteroatoms. The van der Waals surface area contributed by atoms with E-state index < -0.39 is 0 Å². The zero-order valence-corrected chi connectivity index (χ0v) is 15.2. The van der Waals surface area contributed by atoms with E-state index in [0.717, 1.165) is 0 Å². The topological polar surface area (TPSA) is 64.6 Å². The lowest BCUT2D eigenvalue weighted by molar-refractivity contribution is -0.0760. The number of methoxy groups -OCH3 is 7. The summed E-state index contributed by atoms with van der Waals surface area (Å²) in [5.74, 6) is 0. The van der Waals surface area contributed by atoms with Crippen molar-refractivity contribution in [2.75, 3.05) is 89.4 Å². The van der Waals surface area contributed by atoms with E-state index in [4.69, 9.17) is 33.2 Å². The van der Waals surface area contributed by atoms with Gasteiger partial charge < -0.3 is 33.2 Å². The molecule has 0 unspecified atom stereocenters. The lowest BCUT2D eigenvalue weighted by atomic mass is 9.92. The molecule has 0 rings (SSSR count). The number of ether oxygens (including phenoxy) is 7. The summed E-state index contributed by atoms with van der Waals surface area (Å²) in [6, 6.07) is 0. The van der Waals surface area contributed by atoms with Gasteiger partial charge in [0.25, 0.3) is 0 Å². The molecule has 0 aromatic carbocycles. The first-order valence-corrected chi connectivity index (χ1v) is 7.06. The highest BCUT2D eigenvalue weighted by Gasteiger charge is 2.30. The molecule has 0 aromatic rings. The molecule has 0 radical (unpaired) electrons. The second-order valence-corrected chi connectivity index (χ2v) is 5.00. The van der Waals surface area contributed by atoms with E-state index in [2.05, 4.69) is 0 Å². The van der Waals surface area contributed by atoms with Crippen molar-refractivity contribution < 1.29 is 33.2 Å². The smallest absolute Gasteiger partial charge is 0.104 e. The van der Waals surface area contributed by atoms with Gasteiger partial charge in [0.15, 0.2) is 0 Å². The van der Waals surface area contributed by atoms with E-state index in [1.165, 1.54) is 0 Å². The molecule has 0 aromatic heterocycles.